The van der Waals surface area contributed by atoms with Crippen molar-refractivity contribution in [2.75, 3.05) is 14.2 Å². The lowest BCUT2D eigenvalue weighted by Crippen LogP contribution is -1.99. The highest BCUT2D eigenvalue weighted by Gasteiger charge is 2.22. The Morgan fingerprint density at radius 3 is 2.65 bits per heavy atom. The van der Waals surface area contributed by atoms with Crippen LogP contribution in [0.25, 0.3) is 20.7 Å². The lowest BCUT2D eigenvalue weighted by molar-refractivity contribution is 0.104. The summed E-state index contributed by atoms with van der Waals surface area (Å²) in [5.41, 5.74) is 11.4. The van der Waals surface area contributed by atoms with Gasteiger partial charge in [-0.3, -0.25) is 4.79 Å². The van der Waals surface area contributed by atoms with Gasteiger partial charge < -0.3 is 9.47 Å². The smallest absolute Gasteiger partial charge is 0.203 e. The van der Waals surface area contributed by atoms with E-state index in [2.05, 4.69) is 15.0 Å². The Balaban J connectivity index is 2.21. The van der Waals surface area contributed by atoms with E-state index in [1.54, 1.807) is 38.5 Å². The highest BCUT2D eigenvalue weighted by molar-refractivity contribution is 7.21. The number of hydrogen-bond acceptors (Lipinski definition) is 6. The monoisotopic (exact) mass is 368 g/mol. The molecule has 0 bridgehead atoms. The molecule has 7 nitrogen and oxygen atoms in total. The zero-order valence-corrected chi connectivity index (χ0v) is 15.3. The van der Waals surface area contributed by atoms with Crippen molar-refractivity contribution in [3.8, 4) is 5.75 Å². The second-order valence-electron chi connectivity index (χ2n) is 5.56. The number of rotatable bonds is 6. The summed E-state index contributed by atoms with van der Waals surface area (Å²) in [5.74, 6) is 0.437. The van der Waals surface area contributed by atoms with E-state index in [0.717, 1.165) is 11.3 Å². The standard InChI is InChI=1S/C18H16N4O3S/c1-10-8-12(9-24-2)14-15(21-22-19)17(26-18(14)20-10)16(23)11-4-6-13(25-3)7-5-11/h4-8H,9H2,1-3H3. The summed E-state index contributed by atoms with van der Waals surface area (Å²) in [6.07, 6.45) is 0. The third-order valence-corrected chi connectivity index (χ3v) is 4.92. The average molecular weight is 368 g/mol. The summed E-state index contributed by atoms with van der Waals surface area (Å²) in [5, 5.41) is 4.46. The minimum Gasteiger partial charge on any atom is -0.497 e. The number of ketones is 1. The molecule has 0 aliphatic carbocycles. The molecule has 2 aromatic heterocycles. The van der Waals surface area contributed by atoms with E-state index in [4.69, 9.17) is 15.0 Å². The van der Waals surface area contributed by atoms with Gasteiger partial charge in [-0.05, 0) is 48.4 Å². The maximum Gasteiger partial charge on any atom is 0.203 e. The molecule has 0 atom stereocenters. The minimum atomic E-state index is -0.223. The largest absolute Gasteiger partial charge is 0.497 e. The molecule has 0 saturated heterocycles. The predicted molar refractivity (Wildman–Crippen MR) is 100 cm³/mol. The third kappa shape index (κ3) is 3.25. The summed E-state index contributed by atoms with van der Waals surface area (Å²) >= 11 is 1.22. The van der Waals surface area contributed by atoms with Gasteiger partial charge in [0.25, 0.3) is 0 Å². The average Bonchev–Trinajstić information content (AvgIpc) is 3.00. The predicted octanol–water partition coefficient (Wildman–Crippen LogP) is 4.93. The highest BCUT2D eigenvalue weighted by Crippen LogP contribution is 2.41. The van der Waals surface area contributed by atoms with E-state index >= 15 is 0 Å². The second-order valence-corrected chi connectivity index (χ2v) is 6.56. The van der Waals surface area contributed by atoms with Crippen molar-refractivity contribution in [3.05, 3.63) is 62.5 Å². The lowest BCUT2D eigenvalue weighted by atomic mass is 10.1. The van der Waals surface area contributed by atoms with E-state index in [1.807, 2.05) is 13.0 Å². The summed E-state index contributed by atoms with van der Waals surface area (Å²) in [7, 11) is 3.15. The first-order chi connectivity index (χ1) is 12.6. The number of aryl methyl sites for hydroxylation is 1. The van der Waals surface area contributed by atoms with Crippen molar-refractivity contribution in [2.45, 2.75) is 13.5 Å². The molecule has 8 heteroatoms. The second kappa shape index (κ2) is 7.53. The number of fused-ring (bicyclic) bond motifs is 1. The maximum atomic E-state index is 13.0. The molecule has 2 heterocycles. The first-order valence-electron chi connectivity index (χ1n) is 7.74. The van der Waals surface area contributed by atoms with Gasteiger partial charge >= 0.3 is 0 Å². The van der Waals surface area contributed by atoms with Crippen molar-refractivity contribution in [2.24, 2.45) is 5.11 Å². The fourth-order valence-corrected chi connectivity index (χ4v) is 3.90. The highest BCUT2D eigenvalue weighted by atomic mass is 32.1. The molecule has 0 aliphatic rings. The Morgan fingerprint density at radius 2 is 2.04 bits per heavy atom. The molecule has 0 unspecified atom stereocenters. The molecule has 0 saturated carbocycles. The van der Waals surface area contributed by atoms with Crippen molar-refractivity contribution in [1.82, 2.24) is 4.98 Å². The molecule has 0 aliphatic heterocycles. The van der Waals surface area contributed by atoms with Crippen molar-refractivity contribution in [1.29, 1.82) is 0 Å². The molecule has 0 amide bonds. The maximum absolute atomic E-state index is 13.0. The van der Waals surface area contributed by atoms with Crippen LogP contribution in [-0.4, -0.2) is 25.0 Å². The van der Waals surface area contributed by atoms with E-state index in [0.29, 0.717) is 38.7 Å². The normalized spacial score (nSPS) is 10.6. The van der Waals surface area contributed by atoms with Crippen LogP contribution >= 0.6 is 11.3 Å². The number of hydrogen-bond donors (Lipinski definition) is 0. The van der Waals surface area contributed by atoms with Gasteiger partial charge in [0.15, 0.2) is 0 Å². The molecule has 132 valence electrons. The quantitative estimate of drug-likeness (QED) is 0.266. The Hall–Kier alpha value is -2.93. The van der Waals surface area contributed by atoms with Crippen molar-refractivity contribution in [3.63, 3.8) is 0 Å². The molecular weight excluding hydrogens is 352 g/mol. The van der Waals surface area contributed by atoms with Gasteiger partial charge in [-0.15, -0.1) is 11.3 Å². The first kappa shape index (κ1) is 17.9. The number of thiophene rings is 1. The number of methoxy groups -OCH3 is 2. The van der Waals surface area contributed by atoms with Crippen LogP contribution in [0.2, 0.25) is 0 Å². The molecule has 0 fully saturated rings. The van der Waals surface area contributed by atoms with Crippen LogP contribution in [0.15, 0.2) is 35.4 Å². The van der Waals surface area contributed by atoms with Crippen LogP contribution in [0.3, 0.4) is 0 Å². The van der Waals surface area contributed by atoms with E-state index in [1.165, 1.54) is 11.3 Å². The van der Waals surface area contributed by atoms with Crippen LogP contribution in [0.4, 0.5) is 5.69 Å². The Kier molecular flexibility index (Phi) is 5.18. The summed E-state index contributed by atoms with van der Waals surface area (Å²) < 4.78 is 10.4. The number of nitrogens with zero attached hydrogens (tertiary/aromatic N) is 4. The molecule has 0 radical (unpaired) electrons. The number of aromatic nitrogens is 1. The van der Waals surface area contributed by atoms with Crippen molar-refractivity contribution >= 4 is 33.0 Å². The Labute approximate surface area is 153 Å². The SMILES string of the molecule is COCc1cc(C)nc2sc(C(=O)c3ccc(OC)cc3)c(N=[N+]=[N-])c12. The molecule has 3 rings (SSSR count). The van der Waals surface area contributed by atoms with Gasteiger partial charge in [0.2, 0.25) is 5.78 Å². The third-order valence-electron chi connectivity index (χ3n) is 3.85. The Bertz CT molecular complexity index is 1020. The van der Waals surface area contributed by atoms with Crippen LogP contribution in [-0.2, 0) is 11.3 Å². The lowest BCUT2D eigenvalue weighted by Gasteiger charge is -2.05. The fourth-order valence-electron chi connectivity index (χ4n) is 2.73. The van der Waals surface area contributed by atoms with E-state index in [-0.39, 0.29) is 5.78 Å². The summed E-state index contributed by atoms with van der Waals surface area (Å²) in [6.45, 7) is 2.21. The van der Waals surface area contributed by atoms with Gasteiger partial charge in [-0.25, -0.2) is 4.98 Å². The molecule has 1 aromatic carbocycles. The molecular formula is C18H16N4O3S. The summed E-state index contributed by atoms with van der Waals surface area (Å²) in [4.78, 5) is 21.4. The molecule has 0 spiro atoms. The van der Waals surface area contributed by atoms with Crippen molar-refractivity contribution < 1.29 is 14.3 Å². The first-order valence-corrected chi connectivity index (χ1v) is 8.56. The zero-order chi connectivity index (χ0) is 18.7. The van der Waals surface area contributed by atoms with Gasteiger partial charge in [-0.1, -0.05) is 5.11 Å². The van der Waals surface area contributed by atoms with Crippen LogP contribution < -0.4 is 4.74 Å². The van der Waals surface area contributed by atoms with Gasteiger partial charge in [0, 0.05) is 28.7 Å². The summed E-state index contributed by atoms with van der Waals surface area (Å²) in [6, 6.07) is 8.66. The van der Waals surface area contributed by atoms with Gasteiger partial charge in [-0.2, -0.15) is 0 Å². The van der Waals surface area contributed by atoms with E-state index in [9.17, 15) is 4.79 Å². The Morgan fingerprint density at radius 1 is 1.31 bits per heavy atom. The molecule has 3 aromatic rings. The molecule has 26 heavy (non-hydrogen) atoms. The van der Waals surface area contributed by atoms with Crippen LogP contribution in [0, 0.1) is 6.92 Å². The number of azide groups is 1. The fraction of sp³-hybridized carbons (Fsp3) is 0.222. The van der Waals surface area contributed by atoms with Gasteiger partial charge in [0.05, 0.1) is 24.3 Å². The number of pyridine rings is 1. The van der Waals surface area contributed by atoms with E-state index < -0.39 is 0 Å². The number of benzene rings is 1. The molecule has 0 N–H and O–H groups in total. The topological polar surface area (TPSA) is 97.2 Å². The van der Waals surface area contributed by atoms with Gasteiger partial charge in [0.1, 0.15) is 10.6 Å². The number of carbonyl (C=O) groups is 1. The van der Waals surface area contributed by atoms with Crippen LogP contribution in [0.1, 0.15) is 26.5 Å². The number of carbonyl (C=O) groups excluding carboxylic acids is 1. The zero-order valence-electron chi connectivity index (χ0n) is 14.5. The number of ether oxygens (including phenoxy) is 2. The van der Waals surface area contributed by atoms with Crippen LogP contribution in [0.5, 0.6) is 5.75 Å². The minimum absolute atomic E-state index is 0.223.